The molecule has 4 nitrogen and oxygen atoms in total. The standard InChI is InChI=1S/C12H21N3OS/c1-11(2,3)15-8-10(13-9-15)7-14-17(16)12(4,5)6/h7-9H,1-6H3/t17-/m0/s1. The van der Waals surface area contributed by atoms with Crippen molar-refractivity contribution in [3.63, 3.8) is 0 Å². The van der Waals surface area contributed by atoms with Crippen molar-refractivity contribution < 1.29 is 4.21 Å². The Morgan fingerprint density at radius 2 is 1.88 bits per heavy atom. The second-order valence-electron chi connectivity index (χ2n) is 5.97. The Labute approximate surface area is 106 Å². The Kier molecular flexibility index (Phi) is 3.91. The zero-order valence-corrected chi connectivity index (χ0v) is 12.2. The third-order valence-corrected chi connectivity index (χ3v) is 3.53. The van der Waals surface area contributed by atoms with Crippen molar-refractivity contribution in [2.24, 2.45) is 4.40 Å². The van der Waals surface area contributed by atoms with Crippen molar-refractivity contribution in [3.05, 3.63) is 18.2 Å². The van der Waals surface area contributed by atoms with Crippen LogP contribution >= 0.6 is 0 Å². The maximum absolute atomic E-state index is 11.7. The summed E-state index contributed by atoms with van der Waals surface area (Å²) in [5.74, 6) is 0. The van der Waals surface area contributed by atoms with Gasteiger partial charge in [-0.15, -0.1) is 0 Å². The van der Waals surface area contributed by atoms with Gasteiger partial charge in [0.2, 0.25) is 0 Å². The summed E-state index contributed by atoms with van der Waals surface area (Å²) in [4.78, 5) is 4.22. The van der Waals surface area contributed by atoms with Crippen LogP contribution in [0.15, 0.2) is 16.9 Å². The average molecular weight is 255 g/mol. The van der Waals surface area contributed by atoms with Crippen LogP contribution in [0, 0.1) is 0 Å². The minimum Gasteiger partial charge on any atom is -0.332 e. The Balaban J connectivity index is 2.81. The molecule has 96 valence electrons. The lowest BCUT2D eigenvalue weighted by Gasteiger charge is -2.19. The molecule has 0 unspecified atom stereocenters. The molecule has 1 heterocycles. The van der Waals surface area contributed by atoms with E-state index < -0.39 is 11.0 Å². The fourth-order valence-corrected chi connectivity index (χ4v) is 1.55. The van der Waals surface area contributed by atoms with Gasteiger partial charge in [0.1, 0.15) is 11.0 Å². The van der Waals surface area contributed by atoms with Crippen molar-refractivity contribution in [3.8, 4) is 0 Å². The fourth-order valence-electron chi connectivity index (χ4n) is 1.03. The normalized spacial score (nSPS) is 15.4. The summed E-state index contributed by atoms with van der Waals surface area (Å²) in [5.41, 5.74) is 0.736. The Morgan fingerprint density at radius 1 is 1.29 bits per heavy atom. The van der Waals surface area contributed by atoms with Crippen LogP contribution in [0.25, 0.3) is 0 Å². The molecule has 0 amide bonds. The Bertz CT molecular complexity index is 435. The van der Waals surface area contributed by atoms with E-state index in [1.165, 1.54) is 0 Å². The molecule has 0 N–H and O–H groups in total. The van der Waals surface area contributed by atoms with Gasteiger partial charge in [0.25, 0.3) is 0 Å². The molecule has 0 fully saturated rings. The smallest absolute Gasteiger partial charge is 0.144 e. The maximum atomic E-state index is 11.7. The van der Waals surface area contributed by atoms with Crippen LogP contribution in [0.3, 0.4) is 0 Å². The summed E-state index contributed by atoms with van der Waals surface area (Å²) in [7, 11) is -1.23. The average Bonchev–Trinajstić information content (AvgIpc) is 2.59. The number of nitrogens with zero attached hydrogens (tertiary/aromatic N) is 3. The van der Waals surface area contributed by atoms with E-state index in [0.717, 1.165) is 5.69 Å². The lowest BCUT2D eigenvalue weighted by molar-refractivity contribution is 0.396. The van der Waals surface area contributed by atoms with Gasteiger partial charge < -0.3 is 4.57 Å². The molecule has 0 bridgehead atoms. The molecule has 1 aromatic heterocycles. The zero-order chi connectivity index (χ0) is 13.3. The summed E-state index contributed by atoms with van der Waals surface area (Å²) < 4.78 is 17.4. The van der Waals surface area contributed by atoms with Gasteiger partial charge in [-0.25, -0.2) is 9.19 Å². The number of hydrogen-bond acceptors (Lipinski definition) is 2. The molecule has 1 rings (SSSR count). The van der Waals surface area contributed by atoms with Crippen molar-refractivity contribution in [1.82, 2.24) is 9.55 Å². The highest BCUT2D eigenvalue weighted by Crippen LogP contribution is 2.14. The van der Waals surface area contributed by atoms with E-state index in [0.29, 0.717) is 0 Å². The molecule has 0 saturated heterocycles. The number of rotatable bonds is 2. The first-order chi connectivity index (χ1) is 7.60. The molecular formula is C12H21N3OS. The second kappa shape index (κ2) is 4.72. The van der Waals surface area contributed by atoms with Gasteiger partial charge in [0.05, 0.1) is 23.0 Å². The predicted octanol–water partition coefficient (Wildman–Crippen LogP) is 2.52. The first-order valence-electron chi connectivity index (χ1n) is 5.61. The molecule has 0 aliphatic carbocycles. The quantitative estimate of drug-likeness (QED) is 0.762. The van der Waals surface area contributed by atoms with Gasteiger partial charge >= 0.3 is 0 Å². The minimum atomic E-state index is -1.23. The van der Waals surface area contributed by atoms with E-state index in [1.807, 2.05) is 31.5 Å². The molecule has 5 heteroatoms. The van der Waals surface area contributed by atoms with Gasteiger partial charge in [-0.2, -0.15) is 4.40 Å². The van der Waals surface area contributed by atoms with E-state index in [4.69, 9.17) is 0 Å². The van der Waals surface area contributed by atoms with Crippen LogP contribution in [-0.4, -0.2) is 24.7 Å². The van der Waals surface area contributed by atoms with Crippen LogP contribution in [0.5, 0.6) is 0 Å². The topological polar surface area (TPSA) is 47.2 Å². The zero-order valence-electron chi connectivity index (χ0n) is 11.4. The molecule has 17 heavy (non-hydrogen) atoms. The third-order valence-electron chi connectivity index (χ3n) is 2.18. The molecule has 0 aromatic carbocycles. The molecule has 1 aromatic rings. The van der Waals surface area contributed by atoms with E-state index >= 15 is 0 Å². The van der Waals surface area contributed by atoms with Crippen molar-refractivity contribution >= 4 is 17.2 Å². The largest absolute Gasteiger partial charge is 0.332 e. The summed E-state index contributed by atoms with van der Waals surface area (Å²) in [6, 6.07) is 0. The SMILES string of the molecule is CC(C)(C)n1cnc(C=N[S@@](=O)C(C)(C)C)c1. The summed E-state index contributed by atoms with van der Waals surface area (Å²) >= 11 is 0. The van der Waals surface area contributed by atoms with E-state index in [1.54, 1.807) is 12.5 Å². The summed E-state index contributed by atoms with van der Waals surface area (Å²) in [6.45, 7) is 12.0. The number of imidazole rings is 1. The van der Waals surface area contributed by atoms with Crippen LogP contribution in [0.4, 0.5) is 0 Å². The van der Waals surface area contributed by atoms with Crippen LogP contribution in [-0.2, 0) is 16.5 Å². The molecular weight excluding hydrogens is 234 g/mol. The third kappa shape index (κ3) is 4.07. The number of hydrogen-bond donors (Lipinski definition) is 0. The molecule has 0 radical (unpaired) electrons. The highest BCUT2D eigenvalue weighted by atomic mass is 32.2. The van der Waals surface area contributed by atoms with Crippen LogP contribution in [0.1, 0.15) is 47.2 Å². The highest BCUT2D eigenvalue weighted by molar-refractivity contribution is 7.85. The van der Waals surface area contributed by atoms with E-state index in [2.05, 4.69) is 30.2 Å². The van der Waals surface area contributed by atoms with Gasteiger partial charge in [0, 0.05) is 11.7 Å². The predicted molar refractivity (Wildman–Crippen MR) is 72.7 cm³/mol. The highest BCUT2D eigenvalue weighted by Gasteiger charge is 2.18. The lowest BCUT2D eigenvalue weighted by Crippen LogP contribution is -2.20. The van der Waals surface area contributed by atoms with Gasteiger partial charge in [0.15, 0.2) is 0 Å². The summed E-state index contributed by atoms with van der Waals surface area (Å²) in [6.07, 6.45) is 5.24. The molecule has 0 aliphatic rings. The van der Waals surface area contributed by atoms with Gasteiger partial charge in [-0.05, 0) is 41.5 Å². The summed E-state index contributed by atoms with van der Waals surface area (Å²) in [5, 5.41) is 0. The minimum absolute atomic E-state index is 0.00225. The second-order valence-corrected chi connectivity index (χ2v) is 7.91. The van der Waals surface area contributed by atoms with Crippen molar-refractivity contribution in [1.29, 1.82) is 0 Å². The van der Waals surface area contributed by atoms with Crippen LogP contribution < -0.4 is 0 Å². The van der Waals surface area contributed by atoms with Gasteiger partial charge in [-0.1, -0.05) is 0 Å². The number of aromatic nitrogens is 2. The molecule has 1 atom stereocenters. The van der Waals surface area contributed by atoms with E-state index in [9.17, 15) is 4.21 Å². The molecule has 0 saturated carbocycles. The van der Waals surface area contributed by atoms with E-state index in [-0.39, 0.29) is 10.3 Å². The van der Waals surface area contributed by atoms with Crippen molar-refractivity contribution in [2.75, 3.05) is 0 Å². The molecule has 0 aliphatic heterocycles. The Morgan fingerprint density at radius 3 is 2.29 bits per heavy atom. The molecule has 0 spiro atoms. The maximum Gasteiger partial charge on any atom is 0.144 e. The Hall–Kier alpha value is -0.970. The first-order valence-corrected chi connectivity index (χ1v) is 6.72. The lowest BCUT2D eigenvalue weighted by atomic mass is 10.1. The fraction of sp³-hybridized carbons (Fsp3) is 0.667. The van der Waals surface area contributed by atoms with Gasteiger partial charge in [-0.3, -0.25) is 0 Å². The first kappa shape index (κ1) is 14.1. The monoisotopic (exact) mass is 255 g/mol. The van der Waals surface area contributed by atoms with Crippen molar-refractivity contribution in [2.45, 2.75) is 51.8 Å². The van der Waals surface area contributed by atoms with Crippen LogP contribution in [0.2, 0.25) is 0 Å².